The topological polar surface area (TPSA) is 123 Å². The van der Waals surface area contributed by atoms with Crippen molar-refractivity contribution in [2.45, 2.75) is 0 Å². The number of carbonyl (C=O) groups is 2. The Morgan fingerprint density at radius 3 is 2.60 bits per heavy atom. The molecule has 0 aliphatic rings. The number of aromatic carboxylic acids is 1. The molecule has 0 atom stereocenters. The molecule has 4 rings (SSSR count). The molecule has 0 saturated heterocycles. The highest BCUT2D eigenvalue weighted by Crippen LogP contribution is 2.22. The Balaban J connectivity index is 1.41. The molecule has 0 aliphatic carbocycles. The molecule has 2 aromatic heterocycles. The molecule has 2 heterocycles. The van der Waals surface area contributed by atoms with E-state index < -0.39 is 11.9 Å². The van der Waals surface area contributed by atoms with Crippen LogP contribution >= 0.6 is 0 Å². The van der Waals surface area contributed by atoms with Gasteiger partial charge in [0.05, 0.1) is 17.9 Å². The molecule has 4 aromatic rings. The first kappa shape index (κ1) is 18.9. The number of nitrogens with zero attached hydrogens (tertiary/aromatic N) is 2. The highest BCUT2D eigenvalue weighted by Gasteiger charge is 2.10. The Morgan fingerprint density at radius 1 is 1.00 bits per heavy atom. The van der Waals surface area contributed by atoms with Crippen molar-refractivity contribution in [1.82, 2.24) is 15.6 Å². The number of amides is 1. The van der Waals surface area contributed by atoms with Crippen LogP contribution in [0.5, 0.6) is 0 Å². The number of hydrogen-bond acceptors (Lipinski definition) is 6. The zero-order chi connectivity index (χ0) is 20.9. The molecular weight excluding hydrogens is 384 g/mol. The number of hydrazone groups is 1. The van der Waals surface area contributed by atoms with E-state index in [-0.39, 0.29) is 11.3 Å². The molecule has 2 aromatic carbocycles. The number of nitrogens with one attached hydrogen (secondary N) is 2. The molecule has 0 aliphatic heterocycles. The average Bonchev–Trinajstić information content (AvgIpc) is 3.45. The number of carboxylic acids is 1. The maximum absolute atomic E-state index is 12.2. The van der Waals surface area contributed by atoms with E-state index in [9.17, 15) is 14.7 Å². The van der Waals surface area contributed by atoms with Gasteiger partial charge in [-0.1, -0.05) is 48.5 Å². The Bertz CT molecular complexity index is 1220. The van der Waals surface area contributed by atoms with Gasteiger partial charge in [-0.05, 0) is 29.8 Å². The fourth-order valence-electron chi connectivity index (χ4n) is 2.79. The molecule has 0 spiro atoms. The predicted octanol–water partition coefficient (Wildman–Crippen LogP) is 2.46. The normalized spacial score (nSPS) is 10.9. The summed E-state index contributed by atoms with van der Waals surface area (Å²) in [6.45, 7) is 0. The van der Waals surface area contributed by atoms with Crippen LogP contribution in [-0.2, 0) is 0 Å². The first-order valence-electron chi connectivity index (χ1n) is 8.96. The van der Waals surface area contributed by atoms with Crippen molar-refractivity contribution < 1.29 is 19.1 Å². The van der Waals surface area contributed by atoms with E-state index in [0.29, 0.717) is 22.8 Å². The number of furan rings is 1. The fraction of sp³-hybridized carbons (Fsp3) is 0. The van der Waals surface area contributed by atoms with Crippen molar-refractivity contribution in [3.8, 4) is 22.6 Å². The van der Waals surface area contributed by atoms with Gasteiger partial charge in [0.2, 0.25) is 0 Å². The molecule has 2 N–H and O–H groups in total. The molecule has 0 unspecified atom stereocenters. The third-order valence-corrected chi connectivity index (χ3v) is 4.26. The summed E-state index contributed by atoms with van der Waals surface area (Å²) < 4.78 is 5.62. The van der Waals surface area contributed by atoms with Gasteiger partial charge >= 0.3 is 0 Å². The monoisotopic (exact) mass is 399 g/mol. The van der Waals surface area contributed by atoms with Crippen molar-refractivity contribution in [2.75, 3.05) is 0 Å². The number of benzene rings is 2. The number of aromatic nitrogens is 2. The van der Waals surface area contributed by atoms with Crippen LogP contribution in [0.15, 0.2) is 82.3 Å². The molecule has 0 fully saturated rings. The van der Waals surface area contributed by atoms with E-state index >= 15 is 0 Å². The Labute approximate surface area is 170 Å². The molecule has 30 heavy (non-hydrogen) atoms. The van der Waals surface area contributed by atoms with Crippen LogP contribution < -0.4 is 10.5 Å². The molecule has 0 bridgehead atoms. The standard InChI is InChI=1S/C22H16N4O4/c27-21(19-12-18(24-25-19)14-5-2-1-3-6-14)26-23-13-17-9-10-20(30-17)15-7-4-8-16(11-15)22(28)29/h1-13H,(H,24,25)(H,26,27)(H,28,29)/p-1/b23-13-. The second-order valence-electron chi connectivity index (χ2n) is 6.30. The number of hydrogen-bond donors (Lipinski definition) is 2. The minimum atomic E-state index is -1.26. The van der Waals surface area contributed by atoms with Crippen molar-refractivity contribution in [1.29, 1.82) is 0 Å². The van der Waals surface area contributed by atoms with Crippen molar-refractivity contribution >= 4 is 18.1 Å². The number of rotatable bonds is 6. The Kier molecular flexibility index (Phi) is 5.21. The van der Waals surface area contributed by atoms with Crippen LogP contribution in [0.4, 0.5) is 0 Å². The second-order valence-corrected chi connectivity index (χ2v) is 6.30. The highest BCUT2D eigenvalue weighted by atomic mass is 16.4. The molecule has 1 amide bonds. The van der Waals surface area contributed by atoms with Gasteiger partial charge < -0.3 is 14.3 Å². The molecule has 148 valence electrons. The lowest BCUT2D eigenvalue weighted by molar-refractivity contribution is -0.255. The van der Waals surface area contributed by atoms with Crippen molar-refractivity contribution in [2.24, 2.45) is 5.10 Å². The fourth-order valence-corrected chi connectivity index (χ4v) is 2.79. The van der Waals surface area contributed by atoms with Crippen LogP contribution in [0.2, 0.25) is 0 Å². The number of aromatic amines is 1. The summed E-state index contributed by atoms with van der Waals surface area (Å²) >= 11 is 0. The molecular formula is C22H15N4O4-. The van der Waals surface area contributed by atoms with Gasteiger partial charge in [-0.25, -0.2) is 5.43 Å². The highest BCUT2D eigenvalue weighted by molar-refractivity contribution is 5.94. The number of carbonyl (C=O) groups excluding carboxylic acids is 2. The van der Waals surface area contributed by atoms with Crippen LogP contribution in [0, 0.1) is 0 Å². The average molecular weight is 399 g/mol. The maximum Gasteiger partial charge on any atom is 0.289 e. The van der Waals surface area contributed by atoms with E-state index in [0.717, 1.165) is 5.56 Å². The lowest BCUT2D eigenvalue weighted by Crippen LogP contribution is -2.22. The lowest BCUT2D eigenvalue weighted by Gasteiger charge is -2.03. The minimum absolute atomic E-state index is 0.0563. The van der Waals surface area contributed by atoms with Crippen molar-refractivity contribution in [3.05, 3.63) is 89.8 Å². The number of H-pyrrole nitrogens is 1. The second kappa shape index (κ2) is 8.27. The van der Waals surface area contributed by atoms with Crippen LogP contribution in [0.1, 0.15) is 26.6 Å². The third-order valence-electron chi connectivity index (χ3n) is 4.26. The first-order chi connectivity index (χ1) is 14.6. The molecule has 0 radical (unpaired) electrons. The lowest BCUT2D eigenvalue weighted by atomic mass is 10.1. The summed E-state index contributed by atoms with van der Waals surface area (Å²) in [5.74, 6) is -0.859. The summed E-state index contributed by atoms with van der Waals surface area (Å²) in [5.41, 5.74) is 4.86. The summed E-state index contributed by atoms with van der Waals surface area (Å²) in [4.78, 5) is 23.2. The molecule has 0 saturated carbocycles. The van der Waals surface area contributed by atoms with Gasteiger partial charge in [0, 0.05) is 11.1 Å². The zero-order valence-electron chi connectivity index (χ0n) is 15.5. The van der Waals surface area contributed by atoms with E-state index in [1.165, 1.54) is 18.3 Å². The minimum Gasteiger partial charge on any atom is -0.545 e. The predicted molar refractivity (Wildman–Crippen MR) is 108 cm³/mol. The van der Waals surface area contributed by atoms with Gasteiger partial charge in [0.1, 0.15) is 17.2 Å². The van der Waals surface area contributed by atoms with E-state index in [1.54, 1.807) is 30.3 Å². The molecule has 8 heteroatoms. The van der Waals surface area contributed by atoms with E-state index in [4.69, 9.17) is 4.42 Å². The van der Waals surface area contributed by atoms with Crippen LogP contribution in [0.3, 0.4) is 0 Å². The third kappa shape index (κ3) is 4.17. The Hall–Kier alpha value is -4.46. The largest absolute Gasteiger partial charge is 0.545 e. The Morgan fingerprint density at radius 2 is 1.80 bits per heavy atom. The summed E-state index contributed by atoms with van der Waals surface area (Å²) in [5, 5.41) is 21.7. The van der Waals surface area contributed by atoms with Crippen molar-refractivity contribution in [3.63, 3.8) is 0 Å². The van der Waals surface area contributed by atoms with E-state index in [2.05, 4.69) is 20.7 Å². The maximum atomic E-state index is 12.2. The van der Waals surface area contributed by atoms with Gasteiger partial charge in [0.25, 0.3) is 5.91 Å². The molecule has 8 nitrogen and oxygen atoms in total. The summed E-state index contributed by atoms with van der Waals surface area (Å²) in [6.07, 6.45) is 1.35. The summed E-state index contributed by atoms with van der Waals surface area (Å²) in [7, 11) is 0. The SMILES string of the molecule is O=C([O-])c1cccc(-c2ccc(/C=N\NC(=O)c3cc(-c4ccccc4)n[nH]3)o2)c1. The van der Waals surface area contributed by atoms with Gasteiger partial charge in [0.15, 0.2) is 0 Å². The van der Waals surface area contributed by atoms with Gasteiger partial charge in [-0.3, -0.25) is 9.89 Å². The first-order valence-corrected chi connectivity index (χ1v) is 8.96. The smallest absolute Gasteiger partial charge is 0.289 e. The number of carboxylic acid groups (broad SMARTS) is 1. The summed E-state index contributed by atoms with van der Waals surface area (Å²) in [6, 6.07) is 20.7. The van der Waals surface area contributed by atoms with Crippen LogP contribution in [0.25, 0.3) is 22.6 Å². The van der Waals surface area contributed by atoms with Crippen LogP contribution in [-0.4, -0.2) is 28.3 Å². The quantitative estimate of drug-likeness (QED) is 0.381. The zero-order valence-corrected chi connectivity index (χ0v) is 15.5. The van der Waals surface area contributed by atoms with Gasteiger partial charge in [-0.15, -0.1) is 0 Å². The van der Waals surface area contributed by atoms with E-state index in [1.807, 2.05) is 30.3 Å². The van der Waals surface area contributed by atoms with Gasteiger partial charge in [-0.2, -0.15) is 10.2 Å².